The standard InChI is InChI=1S/C8H11N7O/c1-15(3-7-10-4-11-14-7)8(16)5-2-6(9)13-12-5/h2,4H,3H2,1H3,(H3,9,12,13)(H,10,11,14). The number of rotatable bonds is 3. The van der Waals surface area contributed by atoms with Gasteiger partial charge in [-0.25, -0.2) is 4.98 Å². The van der Waals surface area contributed by atoms with Crippen molar-refractivity contribution in [2.45, 2.75) is 6.54 Å². The molecule has 0 aliphatic heterocycles. The largest absolute Gasteiger partial charge is 0.382 e. The molecule has 0 fully saturated rings. The number of anilines is 1. The summed E-state index contributed by atoms with van der Waals surface area (Å²) in [6, 6.07) is 1.49. The number of nitrogens with two attached hydrogens (primary N) is 1. The maximum Gasteiger partial charge on any atom is 0.272 e. The van der Waals surface area contributed by atoms with Gasteiger partial charge in [-0.15, -0.1) is 0 Å². The van der Waals surface area contributed by atoms with Crippen molar-refractivity contribution in [2.24, 2.45) is 0 Å². The van der Waals surface area contributed by atoms with E-state index in [4.69, 9.17) is 5.73 Å². The van der Waals surface area contributed by atoms with Crippen LogP contribution in [0.3, 0.4) is 0 Å². The molecule has 0 spiro atoms. The lowest BCUT2D eigenvalue weighted by Crippen LogP contribution is -2.27. The van der Waals surface area contributed by atoms with Gasteiger partial charge in [-0.1, -0.05) is 0 Å². The van der Waals surface area contributed by atoms with E-state index in [2.05, 4.69) is 25.4 Å². The predicted molar refractivity (Wildman–Crippen MR) is 55.2 cm³/mol. The summed E-state index contributed by atoms with van der Waals surface area (Å²) >= 11 is 0. The molecule has 2 heterocycles. The highest BCUT2D eigenvalue weighted by atomic mass is 16.2. The van der Waals surface area contributed by atoms with Crippen LogP contribution in [0.15, 0.2) is 12.4 Å². The summed E-state index contributed by atoms with van der Waals surface area (Å²) in [5.74, 6) is 0.695. The van der Waals surface area contributed by atoms with Crippen LogP contribution in [0.2, 0.25) is 0 Å². The Hall–Kier alpha value is -2.38. The topological polar surface area (TPSA) is 117 Å². The average molecular weight is 221 g/mol. The van der Waals surface area contributed by atoms with Crippen molar-refractivity contribution in [1.82, 2.24) is 30.3 Å². The van der Waals surface area contributed by atoms with Gasteiger partial charge in [0, 0.05) is 13.1 Å². The zero-order valence-corrected chi connectivity index (χ0v) is 8.64. The number of carbonyl (C=O) groups excluding carboxylic acids is 1. The van der Waals surface area contributed by atoms with Gasteiger partial charge in [0.05, 0.1) is 6.54 Å². The molecule has 8 nitrogen and oxygen atoms in total. The summed E-state index contributed by atoms with van der Waals surface area (Å²) < 4.78 is 0. The Morgan fingerprint density at radius 1 is 1.56 bits per heavy atom. The van der Waals surface area contributed by atoms with Crippen LogP contribution in [0, 0.1) is 0 Å². The third-order valence-electron chi connectivity index (χ3n) is 2.03. The highest BCUT2D eigenvalue weighted by molar-refractivity contribution is 5.92. The number of H-pyrrole nitrogens is 2. The molecule has 0 unspecified atom stereocenters. The first-order valence-corrected chi connectivity index (χ1v) is 4.57. The molecule has 84 valence electrons. The fourth-order valence-corrected chi connectivity index (χ4v) is 1.26. The van der Waals surface area contributed by atoms with E-state index >= 15 is 0 Å². The number of nitrogen functional groups attached to an aromatic ring is 1. The van der Waals surface area contributed by atoms with Gasteiger partial charge in [-0.05, 0) is 0 Å². The summed E-state index contributed by atoms with van der Waals surface area (Å²) in [6.07, 6.45) is 1.39. The van der Waals surface area contributed by atoms with Gasteiger partial charge in [0.1, 0.15) is 23.7 Å². The first-order chi connectivity index (χ1) is 7.66. The van der Waals surface area contributed by atoms with Crippen molar-refractivity contribution in [3.05, 3.63) is 23.9 Å². The molecule has 0 saturated carbocycles. The number of nitrogens with one attached hydrogen (secondary N) is 2. The lowest BCUT2D eigenvalue weighted by atomic mass is 10.3. The fraction of sp³-hybridized carbons (Fsp3) is 0.250. The number of aromatic nitrogens is 5. The second kappa shape index (κ2) is 4.01. The summed E-state index contributed by atoms with van der Waals surface area (Å²) in [5.41, 5.74) is 5.76. The molecule has 0 atom stereocenters. The summed E-state index contributed by atoms with van der Waals surface area (Å²) in [7, 11) is 1.65. The minimum absolute atomic E-state index is 0.208. The van der Waals surface area contributed by atoms with Crippen molar-refractivity contribution in [3.63, 3.8) is 0 Å². The highest BCUT2D eigenvalue weighted by Crippen LogP contribution is 2.05. The van der Waals surface area contributed by atoms with Gasteiger partial charge in [0.25, 0.3) is 5.91 Å². The van der Waals surface area contributed by atoms with E-state index in [-0.39, 0.29) is 11.7 Å². The Labute approximate surface area is 90.9 Å². The van der Waals surface area contributed by atoms with E-state index in [0.717, 1.165) is 0 Å². The molecular weight excluding hydrogens is 210 g/mol. The fourth-order valence-electron chi connectivity index (χ4n) is 1.26. The quantitative estimate of drug-likeness (QED) is 0.638. The molecule has 16 heavy (non-hydrogen) atoms. The number of hydrogen-bond donors (Lipinski definition) is 3. The van der Waals surface area contributed by atoms with Gasteiger partial charge in [-0.2, -0.15) is 10.2 Å². The van der Waals surface area contributed by atoms with E-state index in [0.29, 0.717) is 18.1 Å². The minimum atomic E-state index is -0.208. The van der Waals surface area contributed by atoms with Crippen molar-refractivity contribution in [3.8, 4) is 0 Å². The molecule has 0 bridgehead atoms. The number of nitrogens with zero attached hydrogens (tertiary/aromatic N) is 4. The molecule has 0 aliphatic rings. The van der Waals surface area contributed by atoms with Crippen molar-refractivity contribution in [2.75, 3.05) is 12.8 Å². The van der Waals surface area contributed by atoms with Crippen LogP contribution in [-0.2, 0) is 6.54 Å². The average Bonchev–Trinajstić information content (AvgIpc) is 2.88. The first-order valence-electron chi connectivity index (χ1n) is 4.57. The number of hydrogen-bond acceptors (Lipinski definition) is 5. The maximum absolute atomic E-state index is 11.8. The molecule has 8 heteroatoms. The maximum atomic E-state index is 11.8. The Kier molecular flexibility index (Phi) is 2.54. The number of carbonyl (C=O) groups is 1. The molecule has 2 rings (SSSR count). The smallest absolute Gasteiger partial charge is 0.272 e. The van der Waals surface area contributed by atoms with Crippen LogP contribution in [0.4, 0.5) is 5.82 Å². The summed E-state index contributed by atoms with van der Waals surface area (Å²) in [5, 5.41) is 12.6. The third kappa shape index (κ3) is 2.00. The molecule has 0 aliphatic carbocycles. The Balaban J connectivity index is 2.05. The van der Waals surface area contributed by atoms with Crippen LogP contribution in [0.25, 0.3) is 0 Å². The molecule has 2 aromatic rings. The summed E-state index contributed by atoms with van der Waals surface area (Å²) in [4.78, 5) is 17.2. The molecule has 0 radical (unpaired) electrons. The van der Waals surface area contributed by atoms with Gasteiger partial charge < -0.3 is 10.6 Å². The molecular formula is C8H11N7O. The molecule has 0 saturated heterocycles. The molecule has 2 aromatic heterocycles. The van der Waals surface area contributed by atoms with Crippen molar-refractivity contribution in [1.29, 1.82) is 0 Å². The number of amides is 1. The first kappa shape index (κ1) is 10.1. The van der Waals surface area contributed by atoms with Crippen LogP contribution in [0.5, 0.6) is 0 Å². The predicted octanol–water partition coefficient (Wildman–Crippen LogP) is -0.618. The monoisotopic (exact) mass is 221 g/mol. The SMILES string of the molecule is CN(Cc1ncn[nH]1)C(=O)c1cc(N)n[nH]1. The number of aromatic amines is 2. The van der Waals surface area contributed by atoms with Gasteiger partial charge >= 0.3 is 0 Å². The van der Waals surface area contributed by atoms with Crippen molar-refractivity contribution < 1.29 is 4.79 Å². The minimum Gasteiger partial charge on any atom is -0.382 e. The zero-order chi connectivity index (χ0) is 11.5. The highest BCUT2D eigenvalue weighted by Gasteiger charge is 2.15. The normalized spacial score (nSPS) is 10.3. The Morgan fingerprint density at radius 3 is 2.94 bits per heavy atom. The second-order valence-electron chi connectivity index (χ2n) is 3.30. The Morgan fingerprint density at radius 2 is 2.38 bits per heavy atom. The lowest BCUT2D eigenvalue weighted by Gasteiger charge is -2.13. The van der Waals surface area contributed by atoms with Crippen LogP contribution >= 0.6 is 0 Å². The van der Waals surface area contributed by atoms with Gasteiger partial charge in [0.15, 0.2) is 0 Å². The van der Waals surface area contributed by atoms with E-state index in [1.807, 2.05) is 0 Å². The van der Waals surface area contributed by atoms with Crippen LogP contribution in [0.1, 0.15) is 16.3 Å². The van der Waals surface area contributed by atoms with Gasteiger partial charge in [-0.3, -0.25) is 15.0 Å². The van der Waals surface area contributed by atoms with Crippen LogP contribution in [-0.4, -0.2) is 43.2 Å². The molecule has 1 amide bonds. The second-order valence-corrected chi connectivity index (χ2v) is 3.30. The van der Waals surface area contributed by atoms with Crippen molar-refractivity contribution >= 4 is 11.7 Å². The van der Waals surface area contributed by atoms with E-state index in [1.165, 1.54) is 17.3 Å². The van der Waals surface area contributed by atoms with E-state index in [1.54, 1.807) is 7.05 Å². The molecule has 0 aromatic carbocycles. The van der Waals surface area contributed by atoms with E-state index in [9.17, 15) is 4.79 Å². The van der Waals surface area contributed by atoms with E-state index < -0.39 is 0 Å². The third-order valence-corrected chi connectivity index (χ3v) is 2.03. The molecule has 4 N–H and O–H groups in total. The Bertz CT molecular complexity index is 474. The summed E-state index contributed by atoms with van der Waals surface area (Å²) in [6.45, 7) is 0.345. The van der Waals surface area contributed by atoms with Gasteiger partial charge in [0.2, 0.25) is 0 Å². The van der Waals surface area contributed by atoms with Crippen LogP contribution < -0.4 is 5.73 Å². The zero-order valence-electron chi connectivity index (χ0n) is 8.64. The lowest BCUT2D eigenvalue weighted by molar-refractivity contribution is 0.0776.